The third-order valence-corrected chi connectivity index (χ3v) is 4.08. The first-order chi connectivity index (χ1) is 11.4. The van der Waals surface area contributed by atoms with Gasteiger partial charge in [-0.1, -0.05) is 45.9 Å². The van der Waals surface area contributed by atoms with E-state index in [1.165, 1.54) is 0 Å². The summed E-state index contributed by atoms with van der Waals surface area (Å²) in [4.78, 5) is 24.1. The maximum atomic E-state index is 12.4. The van der Waals surface area contributed by atoms with Gasteiger partial charge in [0, 0.05) is 29.5 Å². The summed E-state index contributed by atoms with van der Waals surface area (Å²) in [5.41, 5.74) is 1.65. The van der Waals surface area contributed by atoms with E-state index in [0.717, 1.165) is 16.5 Å². The second-order valence-electron chi connectivity index (χ2n) is 6.75. The number of rotatable bonds is 7. The van der Waals surface area contributed by atoms with Gasteiger partial charge in [-0.25, -0.2) is 0 Å². The lowest BCUT2D eigenvalue weighted by Crippen LogP contribution is -2.47. The van der Waals surface area contributed by atoms with Crippen molar-refractivity contribution in [1.82, 2.24) is 10.6 Å². The van der Waals surface area contributed by atoms with Crippen LogP contribution >= 0.6 is 0 Å². The Labute approximate surface area is 142 Å². The Balaban J connectivity index is 1.96. The molecule has 1 aromatic heterocycles. The fraction of sp³-hybridized carbons (Fsp3) is 0.474. The van der Waals surface area contributed by atoms with Crippen molar-refractivity contribution in [1.29, 1.82) is 0 Å². The highest BCUT2D eigenvalue weighted by Gasteiger charge is 2.19. The first-order valence-corrected chi connectivity index (χ1v) is 8.40. The normalized spacial score (nSPS) is 12.6. The summed E-state index contributed by atoms with van der Waals surface area (Å²) in [5.74, 6) is 0.0862. The molecule has 0 saturated heterocycles. The van der Waals surface area contributed by atoms with Gasteiger partial charge in [0.1, 0.15) is 5.58 Å². The number of nitrogens with one attached hydrogen (secondary N) is 2. The molecule has 130 valence electrons. The Kier molecular flexibility index (Phi) is 6.01. The van der Waals surface area contributed by atoms with E-state index in [2.05, 4.69) is 10.6 Å². The summed E-state index contributed by atoms with van der Waals surface area (Å²) in [6.07, 6.45) is 1.90. The van der Waals surface area contributed by atoms with Crippen LogP contribution in [0.1, 0.15) is 33.3 Å². The van der Waals surface area contributed by atoms with E-state index in [-0.39, 0.29) is 36.1 Å². The van der Waals surface area contributed by atoms with Crippen molar-refractivity contribution >= 4 is 22.8 Å². The van der Waals surface area contributed by atoms with E-state index < -0.39 is 0 Å². The van der Waals surface area contributed by atoms with Crippen molar-refractivity contribution in [2.75, 3.05) is 6.54 Å². The number of carbonyl (C=O) groups is 2. The van der Waals surface area contributed by atoms with Crippen LogP contribution in [0.25, 0.3) is 11.0 Å². The van der Waals surface area contributed by atoms with Crippen molar-refractivity contribution in [3.8, 4) is 0 Å². The van der Waals surface area contributed by atoms with Gasteiger partial charge in [-0.15, -0.1) is 0 Å². The lowest BCUT2D eigenvalue weighted by molar-refractivity contribution is -0.125. The quantitative estimate of drug-likeness (QED) is 0.820. The minimum Gasteiger partial charge on any atom is -0.464 e. The van der Waals surface area contributed by atoms with Gasteiger partial charge in [0.25, 0.3) is 0 Å². The molecular formula is C19H26N2O3. The number of benzene rings is 1. The third-order valence-electron chi connectivity index (χ3n) is 4.08. The summed E-state index contributed by atoms with van der Waals surface area (Å²) in [6, 6.07) is 7.57. The van der Waals surface area contributed by atoms with Crippen LogP contribution in [0.15, 0.2) is 34.9 Å². The van der Waals surface area contributed by atoms with Gasteiger partial charge in [0.05, 0.1) is 12.7 Å². The predicted molar refractivity (Wildman–Crippen MR) is 94.5 cm³/mol. The molecule has 0 aliphatic heterocycles. The first kappa shape index (κ1) is 18.0. The van der Waals surface area contributed by atoms with Gasteiger partial charge in [-0.3, -0.25) is 9.59 Å². The molecule has 2 amide bonds. The van der Waals surface area contributed by atoms with Crippen molar-refractivity contribution in [3.63, 3.8) is 0 Å². The highest BCUT2D eigenvalue weighted by Crippen LogP contribution is 2.21. The van der Waals surface area contributed by atoms with Crippen LogP contribution in [0.5, 0.6) is 0 Å². The molecule has 1 aromatic carbocycles. The van der Waals surface area contributed by atoms with Crippen molar-refractivity contribution in [2.24, 2.45) is 11.8 Å². The number of hydrogen-bond donors (Lipinski definition) is 2. The fourth-order valence-electron chi connectivity index (χ4n) is 2.47. The molecule has 0 bridgehead atoms. The van der Waals surface area contributed by atoms with Gasteiger partial charge in [0.15, 0.2) is 0 Å². The van der Waals surface area contributed by atoms with E-state index in [1.54, 1.807) is 6.26 Å². The Morgan fingerprint density at radius 2 is 1.83 bits per heavy atom. The van der Waals surface area contributed by atoms with Crippen LogP contribution in [-0.4, -0.2) is 24.4 Å². The molecule has 2 N–H and O–H groups in total. The average Bonchev–Trinajstić information content (AvgIpc) is 2.93. The summed E-state index contributed by atoms with van der Waals surface area (Å²) in [6.45, 7) is 8.19. The highest BCUT2D eigenvalue weighted by molar-refractivity contribution is 5.87. The van der Waals surface area contributed by atoms with Gasteiger partial charge >= 0.3 is 0 Å². The van der Waals surface area contributed by atoms with E-state index >= 15 is 0 Å². The second-order valence-corrected chi connectivity index (χ2v) is 6.75. The molecule has 0 saturated carbocycles. The monoisotopic (exact) mass is 330 g/mol. The molecule has 2 rings (SSSR count). The number of furan rings is 1. The summed E-state index contributed by atoms with van der Waals surface area (Å²) in [7, 11) is 0. The van der Waals surface area contributed by atoms with Gasteiger partial charge in [0.2, 0.25) is 11.8 Å². The van der Waals surface area contributed by atoms with Crippen LogP contribution in [0.3, 0.4) is 0 Å². The fourth-order valence-corrected chi connectivity index (χ4v) is 2.47. The van der Waals surface area contributed by atoms with Crippen molar-refractivity contribution in [3.05, 3.63) is 36.1 Å². The third kappa shape index (κ3) is 4.60. The minimum absolute atomic E-state index is 0.00396. The zero-order chi connectivity index (χ0) is 17.7. The summed E-state index contributed by atoms with van der Waals surface area (Å²) >= 11 is 0. The van der Waals surface area contributed by atoms with E-state index in [9.17, 15) is 9.59 Å². The molecule has 0 aliphatic rings. The van der Waals surface area contributed by atoms with Crippen molar-refractivity contribution in [2.45, 2.75) is 40.2 Å². The molecule has 1 heterocycles. The zero-order valence-electron chi connectivity index (χ0n) is 14.8. The Hall–Kier alpha value is -2.30. The van der Waals surface area contributed by atoms with E-state index in [1.807, 2.05) is 52.0 Å². The topological polar surface area (TPSA) is 71.3 Å². The summed E-state index contributed by atoms with van der Waals surface area (Å²) in [5, 5.41) is 6.86. The first-order valence-electron chi connectivity index (χ1n) is 8.40. The van der Waals surface area contributed by atoms with Crippen LogP contribution in [0, 0.1) is 11.8 Å². The van der Waals surface area contributed by atoms with Gasteiger partial charge in [-0.2, -0.15) is 0 Å². The van der Waals surface area contributed by atoms with Gasteiger partial charge < -0.3 is 15.1 Å². The zero-order valence-corrected chi connectivity index (χ0v) is 14.8. The van der Waals surface area contributed by atoms with E-state index in [0.29, 0.717) is 6.54 Å². The van der Waals surface area contributed by atoms with Crippen LogP contribution in [0.2, 0.25) is 0 Å². The molecule has 0 radical (unpaired) electrons. The maximum absolute atomic E-state index is 12.4. The van der Waals surface area contributed by atoms with Crippen molar-refractivity contribution < 1.29 is 14.0 Å². The molecule has 1 atom stereocenters. The average molecular weight is 330 g/mol. The minimum atomic E-state index is -0.0987. The highest BCUT2D eigenvalue weighted by atomic mass is 16.3. The summed E-state index contributed by atoms with van der Waals surface area (Å²) < 4.78 is 5.47. The maximum Gasteiger partial charge on any atom is 0.224 e. The molecule has 0 spiro atoms. The molecule has 5 heteroatoms. The molecule has 0 aliphatic carbocycles. The SMILES string of the molecule is CC(C)C(=O)NCC(NC(=O)Cc1coc2ccccc12)C(C)C. The lowest BCUT2D eigenvalue weighted by Gasteiger charge is -2.23. The molecule has 0 fully saturated rings. The van der Waals surface area contributed by atoms with Gasteiger partial charge in [-0.05, 0) is 12.0 Å². The van der Waals surface area contributed by atoms with Crippen LogP contribution in [-0.2, 0) is 16.0 Å². The largest absolute Gasteiger partial charge is 0.464 e. The lowest BCUT2D eigenvalue weighted by atomic mass is 10.0. The standard InChI is InChI=1S/C19H26N2O3/c1-12(2)16(10-20-19(23)13(3)4)21-18(22)9-14-11-24-17-8-6-5-7-15(14)17/h5-8,11-13,16H,9-10H2,1-4H3,(H,20,23)(H,21,22). The number of fused-ring (bicyclic) bond motifs is 1. The Morgan fingerprint density at radius 3 is 2.50 bits per heavy atom. The number of para-hydroxylation sites is 1. The smallest absolute Gasteiger partial charge is 0.224 e. The molecule has 1 unspecified atom stereocenters. The molecule has 5 nitrogen and oxygen atoms in total. The Bertz CT molecular complexity index is 703. The number of amides is 2. The van der Waals surface area contributed by atoms with Crippen LogP contribution in [0.4, 0.5) is 0 Å². The Morgan fingerprint density at radius 1 is 1.12 bits per heavy atom. The number of carbonyl (C=O) groups excluding carboxylic acids is 2. The number of hydrogen-bond acceptors (Lipinski definition) is 3. The van der Waals surface area contributed by atoms with Crippen LogP contribution < -0.4 is 10.6 Å². The molecule has 24 heavy (non-hydrogen) atoms. The predicted octanol–water partition coefficient (Wildman–Crippen LogP) is 2.89. The molecular weight excluding hydrogens is 304 g/mol. The molecule has 2 aromatic rings. The van der Waals surface area contributed by atoms with E-state index in [4.69, 9.17) is 4.42 Å². The second kappa shape index (κ2) is 7.99.